The first-order valence-corrected chi connectivity index (χ1v) is 15.9. The summed E-state index contributed by atoms with van der Waals surface area (Å²) in [5.74, 6) is 0.176. The molecule has 4 aromatic rings. The van der Waals surface area contributed by atoms with Gasteiger partial charge in [0, 0.05) is 54.1 Å². The molecule has 3 heterocycles. The highest BCUT2D eigenvalue weighted by atomic mass is 32.1. The number of pyridine rings is 1. The molecule has 41 heavy (non-hydrogen) atoms. The average molecular weight is 576 g/mol. The molecule has 2 aliphatic rings. The lowest BCUT2D eigenvalue weighted by Gasteiger charge is -2.36. The summed E-state index contributed by atoms with van der Waals surface area (Å²) in [5.41, 5.74) is 2.11. The fourth-order valence-corrected chi connectivity index (χ4v) is 6.65. The molecule has 1 aliphatic carbocycles. The SMILES string of the molecule is O=C(O)C1CCCCCC1.O=c1ccc2ccc(OCCCCN3CCN(c4cccc5sccc45)CC3)cc2[nH]1. The molecule has 218 valence electrons. The number of hydrogen-bond acceptors (Lipinski definition) is 6. The van der Waals surface area contributed by atoms with E-state index in [1.165, 1.54) is 28.6 Å². The van der Waals surface area contributed by atoms with E-state index >= 15 is 0 Å². The molecular formula is C33H41N3O4S. The zero-order valence-electron chi connectivity index (χ0n) is 23.7. The lowest BCUT2D eigenvalue weighted by atomic mass is 10.0. The number of aliphatic carboxylic acids is 1. The monoisotopic (exact) mass is 575 g/mol. The summed E-state index contributed by atoms with van der Waals surface area (Å²) in [6.45, 7) is 6.20. The normalized spacial score (nSPS) is 16.7. The number of rotatable bonds is 8. The number of carboxylic acid groups (broad SMARTS) is 1. The van der Waals surface area contributed by atoms with E-state index in [9.17, 15) is 9.59 Å². The summed E-state index contributed by atoms with van der Waals surface area (Å²) in [5, 5.41) is 13.2. The van der Waals surface area contributed by atoms with Crippen LogP contribution in [0.25, 0.3) is 21.0 Å². The first-order valence-electron chi connectivity index (χ1n) is 15.0. The van der Waals surface area contributed by atoms with Crippen molar-refractivity contribution in [1.82, 2.24) is 9.88 Å². The van der Waals surface area contributed by atoms with Crippen molar-refractivity contribution in [3.8, 4) is 5.75 Å². The van der Waals surface area contributed by atoms with Crippen molar-refractivity contribution in [2.45, 2.75) is 51.4 Å². The maximum absolute atomic E-state index is 11.5. The maximum Gasteiger partial charge on any atom is 0.306 e. The lowest BCUT2D eigenvalue weighted by molar-refractivity contribution is -0.142. The lowest BCUT2D eigenvalue weighted by Crippen LogP contribution is -2.46. The smallest absolute Gasteiger partial charge is 0.306 e. The molecule has 2 fully saturated rings. The molecule has 2 aromatic carbocycles. The summed E-state index contributed by atoms with van der Waals surface area (Å²) in [6, 6.07) is 18.1. The predicted octanol–water partition coefficient (Wildman–Crippen LogP) is 6.77. The Kier molecular flexibility index (Phi) is 10.3. The van der Waals surface area contributed by atoms with Crippen molar-refractivity contribution in [3.05, 3.63) is 70.3 Å². The Labute approximate surface area is 245 Å². The number of carboxylic acids is 1. The van der Waals surface area contributed by atoms with Gasteiger partial charge in [0.05, 0.1) is 18.0 Å². The molecule has 2 N–H and O–H groups in total. The van der Waals surface area contributed by atoms with E-state index in [4.69, 9.17) is 9.84 Å². The Morgan fingerprint density at radius 1 is 0.951 bits per heavy atom. The first-order chi connectivity index (χ1) is 20.1. The number of carbonyl (C=O) groups is 1. The van der Waals surface area contributed by atoms with Gasteiger partial charge in [0.1, 0.15) is 5.75 Å². The minimum Gasteiger partial charge on any atom is -0.494 e. The van der Waals surface area contributed by atoms with E-state index in [0.29, 0.717) is 6.61 Å². The highest BCUT2D eigenvalue weighted by Crippen LogP contribution is 2.31. The number of aromatic nitrogens is 1. The quantitative estimate of drug-likeness (QED) is 0.178. The molecule has 7 nitrogen and oxygen atoms in total. The van der Waals surface area contributed by atoms with Gasteiger partial charge in [0.2, 0.25) is 5.56 Å². The Morgan fingerprint density at radius 2 is 1.73 bits per heavy atom. The number of piperazine rings is 1. The van der Waals surface area contributed by atoms with Crippen molar-refractivity contribution >= 4 is 44.0 Å². The third kappa shape index (κ3) is 8.11. The van der Waals surface area contributed by atoms with E-state index in [-0.39, 0.29) is 11.5 Å². The van der Waals surface area contributed by atoms with E-state index in [2.05, 4.69) is 44.4 Å². The molecule has 0 atom stereocenters. The number of unbranched alkanes of at least 4 members (excludes halogenated alkanes) is 1. The van der Waals surface area contributed by atoms with Crippen molar-refractivity contribution in [2.24, 2.45) is 5.92 Å². The van der Waals surface area contributed by atoms with Crippen LogP contribution < -0.4 is 15.2 Å². The van der Waals surface area contributed by atoms with Crippen molar-refractivity contribution in [1.29, 1.82) is 0 Å². The Hall–Kier alpha value is -3.36. The number of aromatic amines is 1. The van der Waals surface area contributed by atoms with Gasteiger partial charge in [0.15, 0.2) is 0 Å². The summed E-state index contributed by atoms with van der Waals surface area (Å²) < 4.78 is 7.28. The van der Waals surface area contributed by atoms with Crippen LogP contribution in [-0.4, -0.2) is 60.3 Å². The number of anilines is 1. The van der Waals surface area contributed by atoms with Crippen LogP contribution in [0.4, 0.5) is 5.69 Å². The third-order valence-corrected chi connectivity index (χ3v) is 9.11. The van der Waals surface area contributed by atoms with Crippen LogP contribution in [0.3, 0.4) is 0 Å². The number of hydrogen-bond donors (Lipinski definition) is 2. The van der Waals surface area contributed by atoms with Gasteiger partial charge < -0.3 is 19.7 Å². The molecule has 1 saturated carbocycles. The minimum absolute atomic E-state index is 0.0394. The van der Waals surface area contributed by atoms with E-state index in [1.807, 2.05) is 35.6 Å². The van der Waals surface area contributed by atoms with Crippen LogP contribution >= 0.6 is 11.3 Å². The molecule has 0 unspecified atom stereocenters. The molecule has 2 aromatic heterocycles. The zero-order chi connectivity index (χ0) is 28.4. The summed E-state index contributed by atoms with van der Waals surface area (Å²) >= 11 is 1.82. The Morgan fingerprint density at radius 3 is 2.51 bits per heavy atom. The van der Waals surface area contributed by atoms with Gasteiger partial charge in [-0.1, -0.05) is 31.7 Å². The molecule has 0 spiro atoms. The predicted molar refractivity (Wildman–Crippen MR) is 169 cm³/mol. The number of nitrogens with one attached hydrogen (secondary N) is 1. The second-order valence-electron chi connectivity index (χ2n) is 11.1. The third-order valence-electron chi connectivity index (χ3n) is 8.22. The number of benzene rings is 2. The molecule has 0 bridgehead atoms. The van der Waals surface area contributed by atoms with Crippen LogP contribution in [0, 0.1) is 5.92 Å². The highest BCUT2D eigenvalue weighted by Gasteiger charge is 2.19. The second kappa shape index (κ2) is 14.5. The van der Waals surface area contributed by atoms with Gasteiger partial charge in [-0.2, -0.15) is 0 Å². The average Bonchev–Trinajstić information content (AvgIpc) is 3.30. The summed E-state index contributed by atoms with van der Waals surface area (Å²) in [7, 11) is 0. The van der Waals surface area contributed by atoms with Crippen LogP contribution in [0.2, 0.25) is 0 Å². The number of thiophene rings is 1. The highest BCUT2D eigenvalue weighted by molar-refractivity contribution is 7.17. The van der Waals surface area contributed by atoms with Crippen molar-refractivity contribution in [2.75, 3.05) is 44.2 Å². The molecule has 0 amide bonds. The molecular weight excluding hydrogens is 534 g/mol. The zero-order valence-corrected chi connectivity index (χ0v) is 24.5. The Bertz CT molecular complexity index is 1470. The van der Waals surface area contributed by atoms with Gasteiger partial charge in [-0.3, -0.25) is 14.5 Å². The standard InChI is InChI=1S/C25H27N3O2S.C8H14O2/c29-25-9-7-19-6-8-20(18-22(19)26-25)30-16-2-1-11-27-12-14-28(15-13-27)23-4-3-5-24-21(23)10-17-31-24;9-8(10)7-5-3-1-2-4-6-7/h3-10,17-18H,1-2,11-16H2,(H,26,29);7H,1-6H2,(H,9,10). The van der Waals surface area contributed by atoms with Gasteiger partial charge in [-0.15, -0.1) is 11.3 Å². The topological polar surface area (TPSA) is 85.9 Å². The molecule has 6 rings (SSSR count). The van der Waals surface area contributed by atoms with E-state index < -0.39 is 5.97 Å². The van der Waals surface area contributed by atoms with Crippen LogP contribution in [0.5, 0.6) is 5.75 Å². The molecule has 8 heteroatoms. The second-order valence-corrected chi connectivity index (χ2v) is 12.0. The number of nitrogens with zero attached hydrogens (tertiary/aromatic N) is 2. The summed E-state index contributed by atoms with van der Waals surface area (Å²) in [4.78, 5) is 29.9. The molecule has 1 aliphatic heterocycles. The van der Waals surface area contributed by atoms with Crippen LogP contribution in [0.1, 0.15) is 51.4 Å². The van der Waals surface area contributed by atoms with Gasteiger partial charge >= 0.3 is 5.97 Å². The molecule has 1 saturated heterocycles. The first kappa shape index (κ1) is 29.1. The van der Waals surface area contributed by atoms with Crippen molar-refractivity contribution < 1.29 is 14.6 Å². The van der Waals surface area contributed by atoms with Gasteiger partial charge in [-0.25, -0.2) is 0 Å². The van der Waals surface area contributed by atoms with Gasteiger partial charge in [-0.05, 0) is 79.4 Å². The largest absolute Gasteiger partial charge is 0.494 e. The number of H-pyrrole nitrogens is 1. The fraction of sp³-hybridized carbons (Fsp3) is 0.455. The number of ether oxygens (including phenoxy) is 1. The van der Waals surface area contributed by atoms with Gasteiger partial charge in [0.25, 0.3) is 0 Å². The maximum atomic E-state index is 11.5. The summed E-state index contributed by atoms with van der Waals surface area (Å²) in [6.07, 6.45) is 8.62. The van der Waals surface area contributed by atoms with Crippen molar-refractivity contribution in [3.63, 3.8) is 0 Å². The van der Waals surface area contributed by atoms with E-state index in [0.717, 1.165) is 87.9 Å². The fourth-order valence-electron chi connectivity index (χ4n) is 5.84. The van der Waals surface area contributed by atoms with Crippen LogP contribution in [0.15, 0.2) is 64.8 Å². The molecule has 0 radical (unpaired) electrons. The van der Waals surface area contributed by atoms with E-state index in [1.54, 1.807) is 6.07 Å². The number of fused-ring (bicyclic) bond motifs is 2. The minimum atomic E-state index is -0.595. The van der Waals surface area contributed by atoms with Crippen LogP contribution in [-0.2, 0) is 4.79 Å². The Balaban J connectivity index is 0.000000287.